The molecule has 1 heterocycles. The van der Waals surface area contributed by atoms with E-state index >= 15 is 0 Å². The van der Waals surface area contributed by atoms with Crippen molar-refractivity contribution in [1.82, 2.24) is 10.5 Å². The molecule has 0 unspecified atom stereocenters. The first kappa shape index (κ1) is 19.3. The quantitative estimate of drug-likeness (QED) is 0.643. The summed E-state index contributed by atoms with van der Waals surface area (Å²) >= 11 is 0. The van der Waals surface area contributed by atoms with Gasteiger partial charge in [-0.15, -0.1) is 0 Å². The highest BCUT2D eigenvalue weighted by molar-refractivity contribution is 5.93. The third-order valence-corrected chi connectivity index (χ3v) is 4.26. The molecule has 3 aromatic rings. The highest BCUT2D eigenvalue weighted by Gasteiger charge is 2.13. The minimum atomic E-state index is -0.288. The van der Waals surface area contributed by atoms with Crippen molar-refractivity contribution in [3.8, 4) is 28.6 Å². The molecule has 0 aliphatic heterocycles. The van der Waals surface area contributed by atoms with E-state index in [1.165, 1.54) is 0 Å². The number of nitrogens with zero attached hydrogens (tertiary/aromatic N) is 1. The first-order chi connectivity index (χ1) is 13.6. The lowest BCUT2D eigenvalue weighted by atomic mass is 10.1. The summed E-state index contributed by atoms with van der Waals surface area (Å²) in [6, 6.07) is 14.6. The van der Waals surface area contributed by atoms with Crippen LogP contribution < -0.4 is 19.5 Å². The van der Waals surface area contributed by atoms with Crippen molar-refractivity contribution in [1.29, 1.82) is 0 Å². The number of rotatable bonds is 8. The van der Waals surface area contributed by atoms with Gasteiger partial charge in [-0.3, -0.25) is 4.79 Å². The summed E-state index contributed by atoms with van der Waals surface area (Å²) in [5.41, 5.74) is 2.08. The molecule has 7 heteroatoms. The number of methoxy groups -OCH3 is 3. The second kappa shape index (κ2) is 8.94. The van der Waals surface area contributed by atoms with Crippen molar-refractivity contribution in [2.75, 3.05) is 27.9 Å². The Balaban J connectivity index is 1.57. The Labute approximate surface area is 163 Å². The van der Waals surface area contributed by atoms with Crippen molar-refractivity contribution in [3.63, 3.8) is 0 Å². The monoisotopic (exact) mass is 382 g/mol. The van der Waals surface area contributed by atoms with E-state index < -0.39 is 0 Å². The number of hydrogen-bond acceptors (Lipinski definition) is 6. The average Bonchev–Trinajstić information content (AvgIpc) is 3.24. The number of carbonyl (C=O) groups is 1. The van der Waals surface area contributed by atoms with Crippen molar-refractivity contribution in [2.24, 2.45) is 0 Å². The third-order valence-electron chi connectivity index (χ3n) is 4.26. The molecule has 146 valence electrons. The maximum atomic E-state index is 12.3. The normalized spacial score (nSPS) is 10.4. The number of amides is 1. The Morgan fingerprint density at radius 2 is 1.71 bits per heavy atom. The van der Waals surface area contributed by atoms with E-state index in [9.17, 15) is 4.79 Å². The van der Waals surface area contributed by atoms with Crippen LogP contribution in [0.15, 0.2) is 53.1 Å². The van der Waals surface area contributed by atoms with Crippen LogP contribution in [0, 0.1) is 0 Å². The first-order valence-corrected chi connectivity index (χ1v) is 8.75. The van der Waals surface area contributed by atoms with Gasteiger partial charge in [0.1, 0.15) is 5.75 Å². The topological polar surface area (TPSA) is 82.8 Å². The van der Waals surface area contributed by atoms with Crippen molar-refractivity contribution in [3.05, 3.63) is 59.8 Å². The van der Waals surface area contributed by atoms with Crippen LogP contribution in [0.25, 0.3) is 11.3 Å². The SMILES string of the molecule is COc1ccc(-c2cc(C(=O)NCCc3ccc(OC)c(OC)c3)no2)cc1. The van der Waals surface area contributed by atoms with E-state index in [1.807, 2.05) is 42.5 Å². The number of benzene rings is 2. The highest BCUT2D eigenvalue weighted by Crippen LogP contribution is 2.27. The molecule has 0 aliphatic rings. The highest BCUT2D eigenvalue weighted by atomic mass is 16.5. The Morgan fingerprint density at radius 3 is 2.39 bits per heavy atom. The fourth-order valence-electron chi connectivity index (χ4n) is 2.72. The summed E-state index contributed by atoms with van der Waals surface area (Å²) in [6.07, 6.45) is 0.648. The number of hydrogen-bond donors (Lipinski definition) is 1. The molecule has 0 saturated carbocycles. The molecule has 2 aromatic carbocycles. The molecule has 0 spiro atoms. The Bertz CT molecular complexity index is 934. The summed E-state index contributed by atoms with van der Waals surface area (Å²) in [5.74, 6) is 2.31. The molecule has 0 saturated heterocycles. The van der Waals surface area contributed by atoms with Gasteiger partial charge in [0.05, 0.1) is 21.3 Å². The van der Waals surface area contributed by atoms with E-state index in [0.29, 0.717) is 30.2 Å². The Hall–Kier alpha value is -3.48. The van der Waals surface area contributed by atoms with Gasteiger partial charge in [-0.1, -0.05) is 11.2 Å². The molecule has 28 heavy (non-hydrogen) atoms. The van der Waals surface area contributed by atoms with Gasteiger partial charge in [-0.05, 0) is 48.4 Å². The van der Waals surface area contributed by atoms with Crippen LogP contribution in [0.1, 0.15) is 16.1 Å². The minimum absolute atomic E-state index is 0.234. The van der Waals surface area contributed by atoms with E-state index in [4.69, 9.17) is 18.7 Å². The zero-order valence-electron chi connectivity index (χ0n) is 16.0. The summed E-state index contributed by atoms with van der Waals surface area (Å²) in [4.78, 5) is 12.3. The van der Waals surface area contributed by atoms with Crippen molar-refractivity contribution in [2.45, 2.75) is 6.42 Å². The van der Waals surface area contributed by atoms with Crippen LogP contribution in [0.2, 0.25) is 0 Å². The lowest BCUT2D eigenvalue weighted by Crippen LogP contribution is -2.25. The fraction of sp³-hybridized carbons (Fsp3) is 0.238. The standard InChI is InChI=1S/C21H22N2O5/c1-25-16-7-5-15(6-8-16)19-13-17(23-28-19)21(24)22-11-10-14-4-9-18(26-2)20(12-14)27-3/h4-9,12-13H,10-11H2,1-3H3,(H,22,24). The van der Waals surface area contributed by atoms with Crippen LogP contribution in [0.3, 0.4) is 0 Å². The lowest BCUT2D eigenvalue weighted by Gasteiger charge is -2.09. The molecular formula is C21H22N2O5. The van der Waals surface area contributed by atoms with Gasteiger partial charge < -0.3 is 24.1 Å². The zero-order valence-corrected chi connectivity index (χ0v) is 16.0. The third kappa shape index (κ3) is 4.43. The predicted molar refractivity (Wildman–Crippen MR) is 104 cm³/mol. The number of nitrogens with one attached hydrogen (secondary N) is 1. The molecule has 1 aromatic heterocycles. The Kier molecular flexibility index (Phi) is 6.16. The van der Waals surface area contributed by atoms with Crippen LogP contribution in [-0.4, -0.2) is 38.9 Å². The molecular weight excluding hydrogens is 360 g/mol. The van der Waals surface area contributed by atoms with Crippen molar-refractivity contribution < 1.29 is 23.5 Å². The summed E-state index contributed by atoms with van der Waals surface area (Å²) in [7, 11) is 4.79. The number of carbonyl (C=O) groups excluding carboxylic acids is 1. The molecule has 1 amide bonds. The lowest BCUT2D eigenvalue weighted by molar-refractivity contribution is 0.0945. The molecule has 0 bridgehead atoms. The van der Waals surface area contributed by atoms with Gasteiger partial charge in [-0.2, -0.15) is 0 Å². The van der Waals surface area contributed by atoms with Crippen LogP contribution >= 0.6 is 0 Å². The van der Waals surface area contributed by atoms with Crippen LogP contribution in [-0.2, 0) is 6.42 Å². The molecule has 0 aliphatic carbocycles. The van der Waals surface area contributed by atoms with Gasteiger partial charge in [0, 0.05) is 18.2 Å². The maximum absolute atomic E-state index is 12.3. The Morgan fingerprint density at radius 1 is 0.964 bits per heavy atom. The first-order valence-electron chi connectivity index (χ1n) is 8.75. The molecule has 3 rings (SSSR count). The largest absolute Gasteiger partial charge is 0.497 e. The molecule has 0 atom stereocenters. The van der Waals surface area contributed by atoms with Crippen LogP contribution in [0.5, 0.6) is 17.2 Å². The number of ether oxygens (including phenoxy) is 3. The second-order valence-corrected chi connectivity index (χ2v) is 6.00. The van der Waals surface area contributed by atoms with Gasteiger partial charge in [0.2, 0.25) is 0 Å². The molecule has 1 N–H and O–H groups in total. The molecule has 0 radical (unpaired) electrons. The van der Waals surface area contributed by atoms with E-state index in [0.717, 1.165) is 16.9 Å². The smallest absolute Gasteiger partial charge is 0.273 e. The average molecular weight is 382 g/mol. The number of aromatic nitrogens is 1. The fourth-order valence-corrected chi connectivity index (χ4v) is 2.72. The van der Waals surface area contributed by atoms with Crippen molar-refractivity contribution >= 4 is 5.91 Å². The van der Waals surface area contributed by atoms with Crippen LogP contribution in [0.4, 0.5) is 0 Å². The molecule has 7 nitrogen and oxygen atoms in total. The van der Waals surface area contributed by atoms with E-state index in [-0.39, 0.29) is 11.6 Å². The van der Waals surface area contributed by atoms with Gasteiger partial charge in [0.15, 0.2) is 23.0 Å². The predicted octanol–water partition coefficient (Wildman–Crippen LogP) is 3.34. The van der Waals surface area contributed by atoms with Gasteiger partial charge in [-0.25, -0.2) is 0 Å². The summed E-state index contributed by atoms with van der Waals surface area (Å²) < 4.78 is 20.9. The van der Waals surface area contributed by atoms with E-state index in [1.54, 1.807) is 27.4 Å². The molecule has 0 fully saturated rings. The van der Waals surface area contributed by atoms with Gasteiger partial charge >= 0.3 is 0 Å². The van der Waals surface area contributed by atoms with Gasteiger partial charge in [0.25, 0.3) is 5.91 Å². The summed E-state index contributed by atoms with van der Waals surface area (Å²) in [5, 5.41) is 6.70. The summed E-state index contributed by atoms with van der Waals surface area (Å²) in [6.45, 7) is 0.457. The second-order valence-electron chi connectivity index (χ2n) is 6.00. The minimum Gasteiger partial charge on any atom is -0.497 e. The maximum Gasteiger partial charge on any atom is 0.273 e. The van der Waals surface area contributed by atoms with E-state index in [2.05, 4.69) is 10.5 Å². The zero-order chi connectivity index (χ0) is 19.9.